The molecule has 0 unspecified atom stereocenters. The second kappa shape index (κ2) is 6.20. The third-order valence-electron chi connectivity index (χ3n) is 2.75. The number of amides is 1. The first kappa shape index (κ1) is 15.0. The molecule has 0 aliphatic heterocycles. The molecular weight excluding hydrogens is 296 g/mol. The van der Waals surface area contributed by atoms with Crippen LogP contribution in [0.25, 0.3) is 0 Å². The predicted molar refractivity (Wildman–Crippen MR) is 76.8 cm³/mol. The van der Waals surface area contributed by atoms with Crippen LogP contribution in [-0.2, 0) is 4.79 Å². The summed E-state index contributed by atoms with van der Waals surface area (Å²) in [6.07, 6.45) is 0.643. The molecule has 0 spiro atoms. The van der Waals surface area contributed by atoms with E-state index in [1.807, 2.05) is 26.0 Å². The molecule has 0 atom stereocenters. The molecule has 0 aromatic heterocycles. The van der Waals surface area contributed by atoms with Crippen LogP contribution in [-0.4, -0.2) is 19.6 Å². The van der Waals surface area contributed by atoms with Crippen molar-refractivity contribution in [3.63, 3.8) is 0 Å². The molecule has 1 aromatic rings. The molecular formula is C13H19BrN2O2. The quantitative estimate of drug-likeness (QED) is 0.878. The Morgan fingerprint density at radius 3 is 2.67 bits per heavy atom. The number of methoxy groups -OCH3 is 1. The van der Waals surface area contributed by atoms with E-state index in [4.69, 9.17) is 10.5 Å². The minimum atomic E-state index is -0.482. The summed E-state index contributed by atoms with van der Waals surface area (Å²) in [7, 11) is 1.59. The fraction of sp³-hybridized carbons (Fsp3) is 0.462. The topological polar surface area (TPSA) is 64.3 Å². The highest BCUT2D eigenvalue weighted by molar-refractivity contribution is 9.10. The first-order valence-corrected chi connectivity index (χ1v) is 6.54. The number of hydrogen-bond acceptors (Lipinski definition) is 3. The van der Waals surface area contributed by atoms with Crippen LogP contribution < -0.4 is 15.8 Å². The lowest BCUT2D eigenvalue weighted by Gasteiger charge is -2.22. The smallest absolute Gasteiger partial charge is 0.230 e. The van der Waals surface area contributed by atoms with Gasteiger partial charge in [0.2, 0.25) is 5.91 Å². The summed E-state index contributed by atoms with van der Waals surface area (Å²) >= 11 is 3.37. The molecule has 100 valence electrons. The number of carbonyl (C=O) groups excluding carboxylic acids is 1. The Morgan fingerprint density at radius 1 is 1.44 bits per heavy atom. The van der Waals surface area contributed by atoms with Crippen LogP contribution in [0, 0.1) is 5.41 Å². The van der Waals surface area contributed by atoms with Crippen LogP contribution in [0.15, 0.2) is 22.7 Å². The highest BCUT2D eigenvalue weighted by Gasteiger charge is 2.26. The summed E-state index contributed by atoms with van der Waals surface area (Å²) in [4.78, 5) is 12.1. The third-order valence-corrected chi connectivity index (χ3v) is 3.21. The molecule has 0 bridgehead atoms. The number of rotatable bonds is 5. The van der Waals surface area contributed by atoms with Crippen LogP contribution in [0.2, 0.25) is 0 Å². The van der Waals surface area contributed by atoms with Gasteiger partial charge in [0.25, 0.3) is 0 Å². The molecule has 0 fully saturated rings. The second-order valence-corrected chi connectivity index (χ2v) is 5.67. The number of nitrogens with one attached hydrogen (secondary N) is 1. The molecule has 0 aliphatic carbocycles. The van der Waals surface area contributed by atoms with Crippen molar-refractivity contribution in [2.75, 3.05) is 19.0 Å². The van der Waals surface area contributed by atoms with E-state index in [9.17, 15) is 4.79 Å². The summed E-state index contributed by atoms with van der Waals surface area (Å²) in [6, 6.07) is 5.45. The zero-order valence-electron chi connectivity index (χ0n) is 10.9. The van der Waals surface area contributed by atoms with Gasteiger partial charge >= 0.3 is 0 Å². The van der Waals surface area contributed by atoms with Crippen molar-refractivity contribution in [1.29, 1.82) is 0 Å². The first-order chi connectivity index (χ1) is 8.39. The Balaban J connectivity index is 2.84. The molecule has 4 nitrogen and oxygen atoms in total. The lowest BCUT2D eigenvalue weighted by atomic mass is 9.88. The second-order valence-electron chi connectivity index (χ2n) is 4.76. The summed E-state index contributed by atoms with van der Waals surface area (Å²) in [5, 5.41) is 2.88. The van der Waals surface area contributed by atoms with Gasteiger partial charge in [0.05, 0.1) is 7.11 Å². The summed E-state index contributed by atoms with van der Waals surface area (Å²) in [5.41, 5.74) is 5.73. The summed E-state index contributed by atoms with van der Waals surface area (Å²) in [5.74, 6) is 0.643. The lowest BCUT2D eigenvalue weighted by Crippen LogP contribution is -2.32. The van der Waals surface area contributed by atoms with Crippen LogP contribution in [0.5, 0.6) is 5.75 Å². The molecule has 0 saturated heterocycles. The molecule has 0 aliphatic rings. The van der Waals surface area contributed by atoms with Crippen LogP contribution >= 0.6 is 15.9 Å². The normalized spacial score (nSPS) is 11.2. The van der Waals surface area contributed by atoms with Gasteiger partial charge in [-0.25, -0.2) is 0 Å². The number of anilines is 1. The van der Waals surface area contributed by atoms with E-state index in [0.717, 1.165) is 4.47 Å². The van der Waals surface area contributed by atoms with Crippen molar-refractivity contribution < 1.29 is 9.53 Å². The van der Waals surface area contributed by atoms with Gasteiger partial charge in [-0.3, -0.25) is 4.79 Å². The number of carbonyl (C=O) groups is 1. The zero-order valence-corrected chi connectivity index (χ0v) is 12.5. The maximum absolute atomic E-state index is 12.1. The first-order valence-electron chi connectivity index (χ1n) is 5.75. The average molecular weight is 315 g/mol. The molecule has 5 heteroatoms. The minimum absolute atomic E-state index is 0.0481. The van der Waals surface area contributed by atoms with Gasteiger partial charge in [0.15, 0.2) is 0 Å². The third kappa shape index (κ3) is 3.99. The molecule has 1 amide bonds. The number of benzene rings is 1. The van der Waals surface area contributed by atoms with E-state index in [2.05, 4.69) is 21.2 Å². The highest BCUT2D eigenvalue weighted by atomic mass is 79.9. The lowest BCUT2D eigenvalue weighted by molar-refractivity contribution is -0.124. The van der Waals surface area contributed by atoms with Crippen molar-refractivity contribution in [2.24, 2.45) is 11.1 Å². The SMILES string of the molecule is COc1cc(Br)cc(NC(=O)C(C)(C)CCN)c1. The van der Waals surface area contributed by atoms with Crippen molar-refractivity contribution in [1.82, 2.24) is 0 Å². The zero-order chi connectivity index (χ0) is 13.8. The van der Waals surface area contributed by atoms with Crippen LogP contribution in [0.1, 0.15) is 20.3 Å². The Morgan fingerprint density at radius 2 is 2.11 bits per heavy atom. The summed E-state index contributed by atoms with van der Waals surface area (Å²) in [6.45, 7) is 4.25. The monoisotopic (exact) mass is 314 g/mol. The van der Waals surface area contributed by atoms with Crippen molar-refractivity contribution >= 4 is 27.5 Å². The Hall–Kier alpha value is -1.07. The molecule has 1 rings (SSSR count). The predicted octanol–water partition coefficient (Wildman–Crippen LogP) is 2.77. The average Bonchev–Trinajstić information content (AvgIpc) is 2.27. The van der Waals surface area contributed by atoms with Crippen molar-refractivity contribution in [3.8, 4) is 5.75 Å². The fourth-order valence-electron chi connectivity index (χ4n) is 1.53. The molecule has 3 N–H and O–H groups in total. The largest absolute Gasteiger partial charge is 0.497 e. The number of hydrogen-bond donors (Lipinski definition) is 2. The molecule has 1 aromatic carbocycles. The van der Waals surface area contributed by atoms with Gasteiger partial charge in [-0.15, -0.1) is 0 Å². The van der Waals surface area contributed by atoms with E-state index < -0.39 is 5.41 Å². The number of nitrogens with two attached hydrogens (primary N) is 1. The summed E-state index contributed by atoms with van der Waals surface area (Å²) < 4.78 is 6.00. The Bertz CT molecular complexity index is 433. The van der Waals surface area contributed by atoms with Gasteiger partial charge in [-0.1, -0.05) is 29.8 Å². The van der Waals surface area contributed by atoms with Gasteiger partial charge < -0.3 is 15.8 Å². The van der Waals surface area contributed by atoms with Crippen molar-refractivity contribution in [2.45, 2.75) is 20.3 Å². The number of halogens is 1. The van der Waals surface area contributed by atoms with E-state index in [0.29, 0.717) is 24.4 Å². The Kier molecular flexibility index (Phi) is 5.16. The number of ether oxygens (including phenoxy) is 1. The molecule has 0 heterocycles. The van der Waals surface area contributed by atoms with Crippen LogP contribution in [0.3, 0.4) is 0 Å². The fourth-order valence-corrected chi connectivity index (χ4v) is 2.00. The van der Waals surface area contributed by atoms with Gasteiger partial charge in [0.1, 0.15) is 5.75 Å². The van der Waals surface area contributed by atoms with Crippen molar-refractivity contribution in [3.05, 3.63) is 22.7 Å². The molecule has 0 saturated carbocycles. The van der Waals surface area contributed by atoms with Gasteiger partial charge in [0, 0.05) is 21.6 Å². The molecule has 0 radical (unpaired) electrons. The van der Waals surface area contributed by atoms with Crippen LogP contribution in [0.4, 0.5) is 5.69 Å². The minimum Gasteiger partial charge on any atom is -0.497 e. The van der Waals surface area contributed by atoms with Gasteiger partial charge in [-0.05, 0) is 25.1 Å². The van der Waals surface area contributed by atoms with Gasteiger partial charge in [-0.2, -0.15) is 0 Å². The molecule has 18 heavy (non-hydrogen) atoms. The van der Waals surface area contributed by atoms with E-state index in [1.165, 1.54) is 0 Å². The van der Waals surface area contributed by atoms with E-state index in [-0.39, 0.29) is 5.91 Å². The Labute approximate surface area is 116 Å². The van der Waals surface area contributed by atoms with E-state index >= 15 is 0 Å². The standard InChI is InChI=1S/C13H19BrN2O2/c1-13(2,4-5-15)12(17)16-10-6-9(14)7-11(8-10)18-3/h6-8H,4-5,15H2,1-3H3,(H,16,17). The maximum atomic E-state index is 12.1. The maximum Gasteiger partial charge on any atom is 0.230 e. The highest BCUT2D eigenvalue weighted by Crippen LogP contribution is 2.27. The van der Waals surface area contributed by atoms with E-state index in [1.54, 1.807) is 13.2 Å².